The van der Waals surface area contributed by atoms with E-state index in [1.54, 1.807) is 0 Å². The van der Waals surface area contributed by atoms with Crippen LogP contribution in [0, 0.1) is 0 Å². The highest BCUT2D eigenvalue weighted by atomic mass is 16.9. The molecule has 2 fully saturated rings. The van der Waals surface area contributed by atoms with Gasteiger partial charge in [0.25, 0.3) is 0 Å². The zero-order valence-electron chi connectivity index (χ0n) is 26.5. The number of esters is 6. The average Bonchev–Trinajstić information content (AvgIpc) is 3.23. The van der Waals surface area contributed by atoms with Crippen molar-refractivity contribution in [3.05, 3.63) is 35.9 Å². The molecule has 2 saturated heterocycles. The number of phenols is 1. The van der Waals surface area contributed by atoms with Crippen LogP contribution in [0.25, 0.3) is 6.08 Å². The Labute approximate surface area is 273 Å². The molecule has 9 atom stereocenters. The van der Waals surface area contributed by atoms with Crippen molar-refractivity contribution in [2.75, 3.05) is 13.2 Å². The lowest BCUT2D eigenvalue weighted by molar-refractivity contribution is -0.390. The minimum Gasteiger partial charge on any atom is -0.508 e. The first kappa shape index (κ1) is 37.8. The summed E-state index contributed by atoms with van der Waals surface area (Å²) in [6.45, 7) is 3.50. The van der Waals surface area contributed by atoms with E-state index in [4.69, 9.17) is 42.6 Å². The van der Waals surface area contributed by atoms with E-state index in [2.05, 4.69) is 0 Å². The number of carbonyl (C=O) groups excluding carboxylic acids is 6. The summed E-state index contributed by atoms with van der Waals surface area (Å²) < 4.78 is 48.3. The molecule has 0 aliphatic carbocycles. The Morgan fingerprint density at radius 1 is 0.750 bits per heavy atom. The lowest BCUT2D eigenvalue weighted by Crippen LogP contribution is -2.64. The minimum atomic E-state index is -2.61. The Bertz CT molecular complexity index is 1370. The van der Waals surface area contributed by atoms with Crippen molar-refractivity contribution in [2.45, 2.75) is 89.6 Å². The summed E-state index contributed by atoms with van der Waals surface area (Å²) in [4.78, 5) is 72.0. The average molecular weight is 685 g/mol. The number of aliphatic hydroxyl groups is 2. The lowest BCUT2D eigenvalue weighted by atomic mass is 9.98. The fourth-order valence-corrected chi connectivity index (χ4v) is 4.67. The fraction of sp³-hybridized carbons (Fsp3) is 0.533. The second-order valence-electron chi connectivity index (χ2n) is 10.6. The number of aliphatic hydroxyl groups excluding tert-OH is 2. The van der Waals surface area contributed by atoms with Gasteiger partial charge in [0.05, 0.1) is 0 Å². The van der Waals surface area contributed by atoms with Gasteiger partial charge in [-0.3, -0.25) is 24.0 Å². The molecule has 48 heavy (non-hydrogen) atoms. The van der Waals surface area contributed by atoms with Gasteiger partial charge in [0.2, 0.25) is 12.1 Å². The molecular formula is C30H36O18. The Kier molecular flexibility index (Phi) is 13.0. The first-order valence-electron chi connectivity index (χ1n) is 14.3. The highest BCUT2D eigenvalue weighted by Crippen LogP contribution is 2.39. The van der Waals surface area contributed by atoms with Gasteiger partial charge < -0.3 is 58.0 Å². The van der Waals surface area contributed by atoms with Gasteiger partial charge in [-0.2, -0.15) is 0 Å². The molecule has 1 aromatic carbocycles. The van der Waals surface area contributed by atoms with Crippen LogP contribution in [-0.4, -0.2) is 119 Å². The van der Waals surface area contributed by atoms with Crippen LogP contribution >= 0.6 is 0 Å². The number of carbonyl (C=O) groups is 6. The van der Waals surface area contributed by atoms with Crippen molar-refractivity contribution in [1.82, 2.24) is 0 Å². The van der Waals surface area contributed by atoms with E-state index < -0.39 is 104 Å². The van der Waals surface area contributed by atoms with Gasteiger partial charge in [0.1, 0.15) is 31.2 Å². The van der Waals surface area contributed by atoms with Crippen LogP contribution in [0.15, 0.2) is 30.3 Å². The largest absolute Gasteiger partial charge is 0.508 e. The molecule has 2 heterocycles. The van der Waals surface area contributed by atoms with Crippen LogP contribution in [0.4, 0.5) is 0 Å². The summed E-state index contributed by atoms with van der Waals surface area (Å²) in [5.74, 6) is -8.13. The zero-order chi connectivity index (χ0) is 35.8. The molecule has 18 nitrogen and oxygen atoms in total. The highest BCUT2D eigenvalue weighted by Gasteiger charge is 2.63. The van der Waals surface area contributed by atoms with E-state index in [0.29, 0.717) is 5.56 Å². The van der Waals surface area contributed by atoms with Crippen LogP contribution in [0.1, 0.15) is 40.2 Å². The van der Waals surface area contributed by atoms with E-state index in [0.717, 1.165) is 40.7 Å². The van der Waals surface area contributed by atoms with Gasteiger partial charge in [-0.05, 0) is 23.8 Å². The Morgan fingerprint density at radius 3 is 1.88 bits per heavy atom. The van der Waals surface area contributed by atoms with E-state index in [9.17, 15) is 44.1 Å². The van der Waals surface area contributed by atoms with Crippen molar-refractivity contribution in [1.29, 1.82) is 0 Å². The molecule has 0 saturated carbocycles. The van der Waals surface area contributed by atoms with E-state index in [-0.39, 0.29) is 5.75 Å². The van der Waals surface area contributed by atoms with Crippen LogP contribution in [0.5, 0.6) is 5.75 Å². The standard InChI is InChI=1S/C30H36O18/c1-14(31)40-12-21-24(42-16(3)33)25(43-17(4)34)23(38)28(45-21)47-30(13-41-15(2)32)27(39)26(44-18(5)35)29(48-30)46-22(37)11-8-19-6-9-20(36)10-7-19/h6-11,21,23-29,36,38-39H,12-13H2,1-5H3/b11-8+/t21-,23-,24-,25-,26-,27-,28-,29+,30-/m1/s1. The van der Waals surface area contributed by atoms with Gasteiger partial charge in [-0.25, -0.2) is 4.79 Å². The van der Waals surface area contributed by atoms with E-state index in [1.165, 1.54) is 30.3 Å². The number of phenolic OH excluding ortho intramolecular Hbond substituents is 1. The topological polar surface area (TPSA) is 246 Å². The second kappa shape index (κ2) is 16.5. The summed E-state index contributed by atoms with van der Waals surface area (Å²) in [5.41, 5.74) is 0.488. The SMILES string of the molecule is CC(=O)OC[C@H]1O[C@H](O[C@]2(COC(C)=O)O[C@H](OC(=O)/C=C/c3ccc(O)cc3)[C@H](OC(C)=O)[C@H]2O)[C@H](O)[C@@H](OC(C)=O)[C@@H]1OC(C)=O. The summed E-state index contributed by atoms with van der Waals surface area (Å²) in [5, 5.41) is 32.1. The summed E-state index contributed by atoms with van der Waals surface area (Å²) in [6, 6.07) is 5.73. The number of hydrogen-bond acceptors (Lipinski definition) is 18. The lowest BCUT2D eigenvalue weighted by Gasteiger charge is -2.45. The Morgan fingerprint density at radius 2 is 1.31 bits per heavy atom. The number of ether oxygens (including phenoxy) is 9. The van der Waals surface area contributed by atoms with E-state index in [1.807, 2.05) is 0 Å². The van der Waals surface area contributed by atoms with Gasteiger partial charge in [-0.1, -0.05) is 12.1 Å². The van der Waals surface area contributed by atoms with Gasteiger partial charge in [0, 0.05) is 40.7 Å². The predicted molar refractivity (Wildman–Crippen MR) is 153 cm³/mol. The van der Waals surface area contributed by atoms with Crippen LogP contribution in [0.2, 0.25) is 0 Å². The summed E-state index contributed by atoms with van der Waals surface area (Å²) in [7, 11) is 0. The first-order chi connectivity index (χ1) is 22.5. The maximum atomic E-state index is 12.8. The van der Waals surface area contributed by atoms with Crippen molar-refractivity contribution >= 4 is 41.9 Å². The monoisotopic (exact) mass is 684 g/mol. The molecule has 0 aromatic heterocycles. The first-order valence-corrected chi connectivity index (χ1v) is 14.3. The van der Waals surface area contributed by atoms with Crippen LogP contribution in [-0.2, 0) is 71.4 Å². The molecule has 264 valence electrons. The van der Waals surface area contributed by atoms with Crippen molar-refractivity contribution in [3.8, 4) is 5.75 Å². The molecular weight excluding hydrogens is 648 g/mol. The molecule has 2 aliphatic rings. The van der Waals surface area contributed by atoms with Gasteiger partial charge >= 0.3 is 35.8 Å². The normalized spacial score (nSPS) is 29.8. The molecule has 0 unspecified atom stereocenters. The molecule has 1 aromatic rings. The molecule has 3 N–H and O–H groups in total. The molecule has 0 amide bonds. The third kappa shape index (κ3) is 10.2. The highest BCUT2D eigenvalue weighted by molar-refractivity contribution is 5.87. The predicted octanol–water partition coefficient (Wildman–Crippen LogP) is -0.614. The van der Waals surface area contributed by atoms with E-state index >= 15 is 0 Å². The summed E-state index contributed by atoms with van der Waals surface area (Å²) >= 11 is 0. The maximum Gasteiger partial charge on any atom is 0.333 e. The van der Waals surface area contributed by atoms with Crippen LogP contribution < -0.4 is 0 Å². The second-order valence-corrected chi connectivity index (χ2v) is 10.6. The third-order valence-electron chi connectivity index (χ3n) is 6.65. The summed E-state index contributed by atoms with van der Waals surface area (Å²) in [6.07, 6.45) is -12.3. The van der Waals surface area contributed by atoms with Crippen molar-refractivity contribution in [2.24, 2.45) is 0 Å². The van der Waals surface area contributed by atoms with Crippen LogP contribution in [0.3, 0.4) is 0 Å². The van der Waals surface area contributed by atoms with Gasteiger partial charge in [-0.15, -0.1) is 0 Å². The van der Waals surface area contributed by atoms with Crippen molar-refractivity contribution < 1.29 is 86.7 Å². The maximum absolute atomic E-state index is 12.8. The minimum absolute atomic E-state index is 0.0118. The molecule has 0 bridgehead atoms. The molecule has 18 heteroatoms. The fourth-order valence-electron chi connectivity index (χ4n) is 4.67. The number of benzene rings is 1. The number of aromatic hydroxyl groups is 1. The molecule has 0 spiro atoms. The Hall–Kier alpha value is -4.62. The molecule has 0 radical (unpaired) electrons. The number of hydrogen-bond donors (Lipinski definition) is 3. The van der Waals surface area contributed by atoms with Crippen molar-refractivity contribution in [3.63, 3.8) is 0 Å². The Balaban J connectivity index is 1.98. The van der Waals surface area contributed by atoms with Gasteiger partial charge in [0.15, 0.2) is 30.7 Å². The third-order valence-corrected chi connectivity index (χ3v) is 6.65. The zero-order valence-corrected chi connectivity index (χ0v) is 26.5. The smallest absolute Gasteiger partial charge is 0.333 e. The number of rotatable bonds is 12. The quantitative estimate of drug-likeness (QED) is 0.141. The molecule has 2 aliphatic heterocycles. The molecule has 3 rings (SSSR count).